The second kappa shape index (κ2) is 20.0. The van der Waals surface area contributed by atoms with Gasteiger partial charge in [-0.25, -0.2) is 4.79 Å². The van der Waals surface area contributed by atoms with Crippen LogP contribution >= 0.6 is 0 Å². The molecule has 0 spiro atoms. The first-order valence-electron chi connectivity index (χ1n) is 20.5. The lowest BCUT2D eigenvalue weighted by Crippen LogP contribution is -2.44. The highest BCUT2D eigenvalue weighted by Gasteiger charge is 2.47. The summed E-state index contributed by atoms with van der Waals surface area (Å²) in [5.41, 5.74) is 3.98. The molecule has 1 heterocycles. The molecular weight excluding hydrogens is 693 g/mol. The molecule has 0 radical (unpaired) electrons. The summed E-state index contributed by atoms with van der Waals surface area (Å²) in [4.78, 5) is 25.0. The fraction of sp³-hybridized carbons (Fsp3) is 0.565. The van der Waals surface area contributed by atoms with Gasteiger partial charge in [-0.3, -0.25) is 4.79 Å². The molecule has 2 aliphatic rings. The SMILES string of the molecule is CC(C)(C)[Si](C)(C)O[C@@H](CC[C@H]1C(OC2CCCCO2)C[C@H](OC(=O)c2ccc(-c3ccccc3)cc2)[C@@H]1CCCCCCC(=O)O)Cc1ccccc1. The molecule has 1 aliphatic carbocycles. The van der Waals surface area contributed by atoms with Gasteiger partial charge in [0.2, 0.25) is 0 Å². The number of ether oxygens (including phenoxy) is 3. The summed E-state index contributed by atoms with van der Waals surface area (Å²) in [6.45, 7) is 12.3. The quantitative estimate of drug-likeness (QED) is 0.0740. The lowest BCUT2D eigenvalue weighted by Gasteiger charge is -2.40. The molecular formula is C46H64O7Si. The molecule has 2 fully saturated rings. The lowest BCUT2D eigenvalue weighted by molar-refractivity contribution is -0.196. The van der Waals surface area contributed by atoms with E-state index in [2.05, 4.69) is 76.3 Å². The van der Waals surface area contributed by atoms with Crippen LogP contribution < -0.4 is 0 Å². The summed E-state index contributed by atoms with van der Waals surface area (Å²) in [5, 5.41) is 9.24. The maximum absolute atomic E-state index is 13.8. The van der Waals surface area contributed by atoms with Crippen LogP contribution in [0, 0.1) is 11.8 Å². The van der Waals surface area contributed by atoms with E-state index in [9.17, 15) is 9.59 Å². The lowest BCUT2D eigenvalue weighted by atomic mass is 9.84. The van der Waals surface area contributed by atoms with Crippen molar-refractivity contribution in [3.8, 4) is 11.1 Å². The van der Waals surface area contributed by atoms with Crippen LogP contribution in [0.15, 0.2) is 84.9 Å². The van der Waals surface area contributed by atoms with Crippen molar-refractivity contribution < 1.29 is 33.3 Å². The van der Waals surface area contributed by atoms with E-state index in [1.165, 1.54) is 5.56 Å². The average molecular weight is 757 g/mol. The Morgan fingerprint density at radius 1 is 0.815 bits per heavy atom. The van der Waals surface area contributed by atoms with Crippen molar-refractivity contribution >= 4 is 20.3 Å². The molecule has 1 N–H and O–H groups in total. The van der Waals surface area contributed by atoms with E-state index in [0.717, 1.165) is 75.3 Å². The third kappa shape index (κ3) is 12.4. The second-order valence-corrected chi connectivity index (χ2v) is 21.8. The number of rotatable bonds is 19. The fourth-order valence-electron chi connectivity index (χ4n) is 7.93. The van der Waals surface area contributed by atoms with E-state index >= 15 is 0 Å². The van der Waals surface area contributed by atoms with Crippen molar-refractivity contribution in [2.45, 2.75) is 147 Å². The van der Waals surface area contributed by atoms with Crippen molar-refractivity contribution in [1.29, 1.82) is 0 Å². The summed E-state index contributed by atoms with van der Waals surface area (Å²) in [5.74, 6) is -0.780. The number of carboxylic acid groups (broad SMARTS) is 1. The summed E-state index contributed by atoms with van der Waals surface area (Å²) in [6, 6.07) is 28.5. The molecule has 1 aliphatic heterocycles. The molecule has 3 aromatic carbocycles. The highest BCUT2D eigenvalue weighted by molar-refractivity contribution is 6.74. The third-order valence-corrected chi connectivity index (χ3v) is 16.5. The van der Waals surface area contributed by atoms with Gasteiger partial charge in [-0.15, -0.1) is 0 Å². The molecule has 54 heavy (non-hydrogen) atoms. The smallest absolute Gasteiger partial charge is 0.338 e. The minimum absolute atomic E-state index is 0.0567. The zero-order valence-electron chi connectivity index (χ0n) is 33.3. The predicted molar refractivity (Wildman–Crippen MR) is 218 cm³/mol. The molecule has 8 heteroatoms. The van der Waals surface area contributed by atoms with E-state index in [0.29, 0.717) is 25.0 Å². The molecule has 1 saturated heterocycles. The fourth-order valence-corrected chi connectivity index (χ4v) is 9.32. The molecule has 294 valence electrons. The number of carboxylic acids is 1. The van der Waals surface area contributed by atoms with E-state index in [-0.39, 0.29) is 53.9 Å². The van der Waals surface area contributed by atoms with Gasteiger partial charge in [0.25, 0.3) is 0 Å². The molecule has 6 atom stereocenters. The van der Waals surface area contributed by atoms with Crippen LogP contribution in [0.1, 0.15) is 114 Å². The Hall–Kier alpha value is -3.30. The molecule has 0 aromatic heterocycles. The molecule has 0 bridgehead atoms. The number of aliphatic carboxylic acids is 1. The van der Waals surface area contributed by atoms with Crippen LogP contribution in [-0.4, -0.2) is 56.6 Å². The van der Waals surface area contributed by atoms with Gasteiger partial charge < -0.3 is 23.7 Å². The number of hydrogen-bond donors (Lipinski definition) is 1. The van der Waals surface area contributed by atoms with E-state index in [1.54, 1.807) is 0 Å². The van der Waals surface area contributed by atoms with E-state index in [1.807, 2.05) is 42.5 Å². The number of esters is 1. The zero-order valence-corrected chi connectivity index (χ0v) is 34.3. The van der Waals surface area contributed by atoms with Crippen molar-refractivity contribution in [2.24, 2.45) is 11.8 Å². The minimum atomic E-state index is -2.07. The van der Waals surface area contributed by atoms with E-state index in [4.69, 9.17) is 23.7 Å². The maximum atomic E-state index is 13.8. The molecule has 7 nitrogen and oxygen atoms in total. The summed E-state index contributed by atoms with van der Waals surface area (Å²) in [7, 11) is -2.07. The topological polar surface area (TPSA) is 91.3 Å². The Kier molecular flexibility index (Phi) is 15.5. The van der Waals surface area contributed by atoms with Gasteiger partial charge in [-0.05, 0) is 104 Å². The Morgan fingerprint density at radius 2 is 1.46 bits per heavy atom. The minimum Gasteiger partial charge on any atom is -0.481 e. The van der Waals surface area contributed by atoms with Gasteiger partial charge in [-0.1, -0.05) is 113 Å². The third-order valence-electron chi connectivity index (χ3n) is 12.0. The normalized spacial score (nSPS) is 22.5. The van der Waals surface area contributed by atoms with Gasteiger partial charge in [0.15, 0.2) is 14.6 Å². The summed E-state index contributed by atoms with van der Waals surface area (Å²) in [6.07, 6.45) is 10.2. The van der Waals surface area contributed by atoms with Crippen LogP contribution in [0.25, 0.3) is 11.1 Å². The molecule has 0 amide bonds. The molecule has 1 saturated carbocycles. The van der Waals surface area contributed by atoms with Gasteiger partial charge in [0.1, 0.15) is 6.10 Å². The van der Waals surface area contributed by atoms with Crippen molar-refractivity contribution in [3.63, 3.8) is 0 Å². The summed E-state index contributed by atoms with van der Waals surface area (Å²) >= 11 is 0. The van der Waals surface area contributed by atoms with Gasteiger partial charge in [0, 0.05) is 31.5 Å². The largest absolute Gasteiger partial charge is 0.481 e. The van der Waals surface area contributed by atoms with Gasteiger partial charge >= 0.3 is 11.9 Å². The first kappa shape index (κ1) is 41.9. The van der Waals surface area contributed by atoms with Gasteiger partial charge in [0.05, 0.1) is 11.7 Å². The molecule has 3 aromatic rings. The first-order chi connectivity index (χ1) is 25.9. The Labute approximate surface area is 325 Å². The standard InChI is InChI=1S/C46H64O7Si/c1-46(2,3)54(4,5)53-38(32-34-18-10-8-11-19-34)29-30-40-39(22-14-6-7-15-23-43(47)48)42(33-41(40)51-44-24-16-17-31-50-44)52-45(49)37-27-25-36(26-28-37)35-20-12-9-13-21-35/h8-13,18-21,25-28,38-42,44H,6-7,14-17,22-24,29-33H2,1-5H3,(H,47,48)/t38-,39+,40+,41?,42-,44?/m0/s1. The number of hydrogen-bond acceptors (Lipinski definition) is 6. The second-order valence-electron chi connectivity index (χ2n) is 17.0. The Morgan fingerprint density at radius 3 is 2.11 bits per heavy atom. The van der Waals surface area contributed by atoms with Crippen LogP contribution in [0.2, 0.25) is 18.1 Å². The number of carbonyl (C=O) groups excluding carboxylic acids is 1. The molecule has 5 rings (SSSR count). The van der Waals surface area contributed by atoms with Crippen molar-refractivity contribution in [3.05, 3.63) is 96.1 Å². The highest BCUT2D eigenvalue weighted by atomic mass is 28.4. The van der Waals surface area contributed by atoms with Crippen LogP contribution in [-0.2, 0) is 29.9 Å². The summed E-state index contributed by atoms with van der Waals surface area (Å²) < 4.78 is 26.6. The Balaban J connectivity index is 1.37. The maximum Gasteiger partial charge on any atom is 0.338 e. The zero-order chi connectivity index (χ0) is 38.6. The van der Waals surface area contributed by atoms with Crippen LogP contribution in [0.3, 0.4) is 0 Å². The van der Waals surface area contributed by atoms with Gasteiger partial charge in [-0.2, -0.15) is 0 Å². The van der Waals surface area contributed by atoms with Crippen molar-refractivity contribution in [2.75, 3.05) is 6.61 Å². The van der Waals surface area contributed by atoms with E-state index < -0.39 is 14.3 Å². The molecule has 2 unspecified atom stereocenters. The highest BCUT2D eigenvalue weighted by Crippen LogP contribution is 2.45. The monoisotopic (exact) mass is 756 g/mol. The van der Waals surface area contributed by atoms with Crippen LogP contribution in [0.4, 0.5) is 0 Å². The number of carbonyl (C=O) groups is 2. The van der Waals surface area contributed by atoms with Crippen LogP contribution in [0.5, 0.6) is 0 Å². The van der Waals surface area contributed by atoms with Crippen molar-refractivity contribution in [1.82, 2.24) is 0 Å². The first-order valence-corrected chi connectivity index (χ1v) is 23.4. The number of benzene rings is 3. The number of unbranched alkanes of at least 4 members (excludes halogenated alkanes) is 3. The predicted octanol–water partition coefficient (Wildman–Crippen LogP) is 11.3. The Bertz CT molecular complexity index is 1560. The average Bonchev–Trinajstić information content (AvgIpc) is 3.46.